The van der Waals surface area contributed by atoms with Crippen LogP contribution < -0.4 is 5.69 Å². The lowest BCUT2D eigenvalue weighted by molar-refractivity contribution is -0.131. The van der Waals surface area contributed by atoms with E-state index >= 15 is 0 Å². The summed E-state index contributed by atoms with van der Waals surface area (Å²) in [6.07, 6.45) is 1.66. The minimum absolute atomic E-state index is 0.0108. The lowest BCUT2D eigenvalue weighted by atomic mass is 10.0. The van der Waals surface area contributed by atoms with Gasteiger partial charge in [0, 0.05) is 38.4 Å². The summed E-state index contributed by atoms with van der Waals surface area (Å²) in [6.45, 7) is 6.96. The van der Waals surface area contributed by atoms with Crippen molar-refractivity contribution in [2.45, 2.75) is 19.5 Å². The van der Waals surface area contributed by atoms with Crippen molar-refractivity contribution in [1.29, 1.82) is 0 Å². The molecule has 2 aliphatic rings. The Morgan fingerprint density at radius 1 is 1.28 bits per heavy atom. The van der Waals surface area contributed by atoms with Crippen LogP contribution in [0.1, 0.15) is 6.92 Å². The number of nitrogens with zero attached hydrogens (tertiary/aromatic N) is 5. The van der Waals surface area contributed by atoms with Crippen molar-refractivity contribution in [2.75, 3.05) is 39.4 Å². The zero-order valence-corrected chi connectivity index (χ0v) is 14.4. The summed E-state index contributed by atoms with van der Waals surface area (Å²) in [6, 6.07) is 5.72. The second-order valence-corrected chi connectivity index (χ2v) is 6.86. The number of aromatic nitrogens is 3. The Balaban J connectivity index is 1.46. The standard InChI is InChI=1S/C17H23N5O3/c1-13-10-20(11-14(13)19-6-8-25-9-7-19)16(23)12-22-17(24)21-5-3-2-4-15(21)18-22/h2-5,13-14H,6-12H2,1H3/t13-,14+/m0/s1. The number of rotatable bonds is 3. The summed E-state index contributed by atoms with van der Waals surface area (Å²) < 4.78 is 8.13. The SMILES string of the molecule is C[C@H]1CN(C(=O)Cn2nc3ccccn3c2=O)C[C@H]1N1CCOCC1. The number of pyridine rings is 1. The average Bonchev–Trinajstić information content (AvgIpc) is 3.17. The fraction of sp³-hybridized carbons (Fsp3) is 0.588. The second-order valence-electron chi connectivity index (χ2n) is 6.86. The minimum atomic E-state index is -0.277. The lowest BCUT2D eigenvalue weighted by Crippen LogP contribution is -2.47. The summed E-state index contributed by atoms with van der Waals surface area (Å²) in [5, 5.41) is 4.24. The van der Waals surface area contributed by atoms with Gasteiger partial charge in [-0.05, 0) is 18.1 Å². The number of amides is 1. The van der Waals surface area contributed by atoms with E-state index in [0.29, 0.717) is 24.2 Å². The van der Waals surface area contributed by atoms with Crippen LogP contribution in [0.2, 0.25) is 0 Å². The number of hydrogen-bond donors (Lipinski definition) is 0. The van der Waals surface area contributed by atoms with E-state index in [9.17, 15) is 9.59 Å². The largest absolute Gasteiger partial charge is 0.379 e. The third kappa shape index (κ3) is 3.07. The number of carbonyl (C=O) groups is 1. The Labute approximate surface area is 145 Å². The number of hydrogen-bond acceptors (Lipinski definition) is 5. The van der Waals surface area contributed by atoms with Gasteiger partial charge in [-0.15, -0.1) is 5.10 Å². The molecule has 0 spiro atoms. The zero-order valence-electron chi connectivity index (χ0n) is 14.4. The van der Waals surface area contributed by atoms with Crippen molar-refractivity contribution in [3.05, 3.63) is 34.9 Å². The second kappa shape index (κ2) is 6.61. The summed E-state index contributed by atoms with van der Waals surface area (Å²) in [5.74, 6) is 0.368. The highest BCUT2D eigenvalue weighted by atomic mass is 16.5. The van der Waals surface area contributed by atoms with Crippen LogP contribution in [0.3, 0.4) is 0 Å². The molecule has 1 amide bonds. The summed E-state index contributed by atoms with van der Waals surface area (Å²) in [5.41, 5.74) is 0.280. The first kappa shape index (κ1) is 16.3. The summed E-state index contributed by atoms with van der Waals surface area (Å²) >= 11 is 0. The smallest absolute Gasteiger partial charge is 0.350 e. The van der Waals surface area contributed by atoms with Gasteiger partial charge in [-0.2, -0.15) is 0 Å². The maximum Gasteiger partial charge on any atom is 0.350 e. The van der Waals surface area contributed by atoms with Gasteiger partial charge < -0.3 is 9.64 Å². The fourth-order valence-corrected chi connectivity index (χ4v) is 3.84. The molecule has 8 nitrogen and oxygen atoms in total. The van der Waals surface area contributed by atoms with E-state index < -0.39 is 0 Å². The van der Waals surface area contributed by atoms with E-state index in [1.54, 1.807) is 18.3 Å². The Hall–Kier alpha value is -2.19. The van der Waals surface area contributed by atoms with Gasteiger partial charge in [0.05, 0.1) is 13.2 Å². The molecule has 0 aliphatic carbocycles. The van der Waals surface area contributed by atoms with Gasteiger partial charge in [-0.1, -0.05) is 13.0 Å². The topological polar surface area (TPSA) is 72.1 Å². The van der Waals surface area contributed by atoms with Crippen molar-refractivity contribution < 1.29 is 9.53 Å². The van der Waals surface area contributed by atoms with Crippen LogP contribution in [0.5, 0.6) is 0 Å². The molecule has 134 valence electrons. The van der Waals surface area contributed by atoms with Crippen molar-refractivity contribution in [2.24, 2.45) is 5.92 Å². The molecule has 2 aromatic rings. The Morgan fingerprint density at radius 3 is 2.84 bits per heavy atom. The Kier molecular flexibility index (Phi) is 4.30. The molecule has 0 saturated carbocycles. The third-order valence-electron chi connectivity index (χ3n) is 5.21. The first-order valence-corrected chi connectivity index (χ1v) is 8.77. The van der Waals surface area contributed by atoms with Gasteiger partial charge in [-0.25, -0.2) is 9.48 Å². The van der Waals surface area contributed by atoms with Crippen LogP contribution in [-0.4, -0.2) is 75.3 Å². The highest BCUT2D eigenvalue weighted by molar-refractivity contribution is 5.76. The molecule has 2 aromatic heterocycles. The number of likely N-dealkylation sites (tertiary alicyclic amines) is 1. The van der Waals surface area contributed by atoms with Crippen molar-refractivity contribution in [3.63, 3.8) is 0 Å². The molecule has 0 unspecified atom stereocenters. The van der Waals surface area contributed by atoms with Crippen LogP contribution >= 0.6 is 0 Å². The van der Waals surface area contributed by atoms with Crippen LogP contribution in [0.25, 0.3) is 5.65 Å². The molecule has 2 fully saturated rings. The molecule has 2 saturated heterocycles. The Bertz CT molecular complexity index is 823. The predicted octanol–water partition coefficient (Wildman–Crippen LogP) is -0.325. The average molecular weight is 345 g/mol. The minimum Gasteiger partial charge on any atom is -0.379 e. The molecule has 4 heterocycles. The van der Waals surface area contributed by atoms with E-state index in [-0.39, 0.29) is 18.1 Å². The van der Waals surface area contributed by atoms with Gasteiger partial charge in [0.2, 0.25) is 5.91 Å². The number of morpholine rings is 1. The van der Waals surface area contributed by atoms with E-state index in [4.69, 9.17) is 4.74 Å². The molecule has 0 N–H and O–H groups in total. The molecule has 0 aromatic carbocycles. The van der Waals surface area contributed by atoms with Crippen LogP contribution in [-0.2, 0) is 16.1 Å². The van der Waals surface area contributed by atoms with Gasteiger partial charge in [0.25, 0.3) is 0 Å². The van der Waals surface area contributed by atoms with Crippen molar-refractivity contribution >= 4 is 11.6 Å². The molecule has 0 radical (unpaired) electrons. The van der Waals surface area contributed by atoms with Gasteiger partial charge in [-0.3, -0.25) is 14.1 Å². The van der Waals surface area contributed by atoms with E-state index in [0.717, 1.165) is 32.8 Å². The van der Waals surface area contributed by atoms with Gasteiger partial charge >= 0.3 is 5.69 Å². The number of carbonyl (C=O) groups excluding carboxylic acids is 1. The van der Waals surface area contributed by atoms with Crippen LogP contribution in [0, 0.1) is 5.92 Å². The maximum atomic E-state index is 12.7. The normalized spacial score (nSPS) is 24.9. The zero-order chi connectivity index (χ0) is 17.4. The van der Waals surface area contributed by atoms with Gasteiger partial charge in [0.1, 0.15) is 6.54 Å². The predicted molar refractivity (Wildman–Crippen MR) is 91.4 cm³/mol. The molecule has 25 heavy (non-hydrogen) atoms. The molecule has 2 atom stereocenters. The molecular weight excluding hydrogens is 322 g/mol. The monoisotopic (exact) mass is 345 g/mol. The quantitative estimate of drug-likeness (QED) is 0.762. The number of ether oxygens (including phenoxy) is 1. The molecule has 2 aliphatic heterocycles. The van der Waals surface area contributed by atoms with Crippen molar-refractivity contribution in [3.8, 4) is 0 Å². The maximum absolute atomic E-state index is 12.7. The van der Waals surface area contributed by atoms with E-state index in [1.807, 2.05) is 11.0 Å². The fourth-order valence-electron chi connectivity index (χ4n) is 3.84. The molecule has 8 heteroatoms. The van der Waals surface area contributed by atoms with E-state index in [1.165, 1.54) is 9.08 Å². The summed E-state index contributed by atoms with van der Waals surface area (Å²) in [7, 11) is 0. The summed E-state index contributed by atoms with van der Waals surface area (Å²) in [4.78, 5) is 29.3. The highest BCUT2D eigenvalue weighted by Gasteiger charge is 2.36. The Morgan fingerprint density at radius 2 is 2.08 bits per heavy atom. The number of fused-ring (bicyclic) bond motifs is 1. The lowest BCUT2D eigenvalue weighted by Gasteiger charge is -2.33. The van der Waals surface area contributed by atoms with Gasteiger partial charge in [0.15, 0.2) is 5.65 Å². The molecular formula is C17H23N5O3. The molecule has 4 rings (SSSR count). The third-order valence-corrected chi connectivity index (χ3v) is 5.21. The first-order valence-electron chi connectivity index (χ1n) is 8.77. The van der Waals surface area contributed by atoms with Crippen LogP contribution in [0.4, 0.5) is 0 Å². The molecule has 0 bridgehead atoms. The van der Waals surface area contributed by atoms with Crippen LogP contribution in [0.15, 0.2) is 29.2 Å². The highest BCUT2D eigenvalue weighted by Crippen LogP contribution is 2.22. The van der Waals surface area contributed by atoms with Crippen molar-refractivity contribution in [1.82, 2.24) is 24.0 Å². The van der Waals surface area contributed by atoms with E-state index in [2.05, 4.69) is 16.9 Å². The first-order chi connectivity index (χ1) is 12.1.